The number of hydrogen-bond donors (Lipinski definition) is 1. The van der Waals surface area contributed by atoms with Crippen molar-refractivity contribution in [3.63, 3.8) is 0 Å². The molecule has 0 radical (unpaired) electrons. The number of amides is 1. The molecule has 2 aromatic rings. The maximum absolute atomic E-state index is 12.2. The SMILES string of the molecule is COc1cccc(C(=O)NCCCCN2CCC(Cc3ccccc3)CC2)c1. The van der Waals surface area contributed by atoms with Crippen LogP contribution < -0.4 is 10.1 Å². The largest absolute Gasteiger partial charge is 0.497 e. The molecule has 2 aromatic carbocycles. The molecular weight excluding hydrogens is 348 g/mol. The van der Waals surface area contributed by atoms with E-state index in [-0.39, 0.29) is 5.91 Å². The van der Waals surface area contributed by atoms with E-state index in [0.717, 1.165) is 31.8 Å². The molecule has 3 rings (SSSR count). The first-order valence-electron chi connectivity index (χ1n) is 10.4. The van der Waals surface area contributed by atoms with Gasteiger partial charge in [0.05, 0.1) is 7.11 Å². The molecule has 0 saturated carbocycles. The number of carbonyl (C=O) groups excluding carboxylic acids is 1. The monoisotopic (exact) mass is 380 g/mol. The summed E-state index contributed by atoms with van der Waals surface area (Å²) in [6, 6.07) is 18.1. The average molecular weight is 381 g/mol. The van der Waals surface area contributed by atoms with E-state index in [1.54, 1.807) is 13.2 Å². The van der Waals surface area contributed by atoms with Crippen LogP contribution in [0.2, 0.25) is 0 Å². The number of hydrogen-bond acceptors (Lipinski definition) is 3. The first kappa shape index (κ1) is 20.4. The first-order valence-corrected chi connectivity index (χ1v) is 10.4. The molecular formula is C24H32N2O2. The number of ether oxygens (including phenoxy) is 1. The van der Waals surface area contributed by atoms with Gasteiger partial charge in [0.25, 0.3) is 5.91 Å². The van der Waals surface area contributed by atoms with Crippen LogP contribution in [-0.4, -0.2) is 44.1 Å². The number of benzene rings is 2. The summed E-state index contributed by atoms with van der Waals surface area (Å²) in [5, 5.41) is 3.01. The standard InChI is InChI=1S/C24H32N2O2/c1-28-23-11-7-10-22(19-23)24(27)25-14-5-6-15-26-16-12-21(13-17-26)18-20-8-3-2-4-9-20/h2-4,7-11,19,21H,5-6,12-18H2,1H3,(H,25,27). The lowest BCUT2D eigenvalue weighted by molar-refractivity contribution is 0.0951. The molecule has 0 aromatic heterocycles. The highest BCUT2D eigenvalue weighted by molar-refractivity contribution is 5.94. The van der Waals surface area contributed by atoms with Crippen molar-refractivity contribution in [3.8, 4) is 5.75 Å². The van der Waals surface area contributed by atoms with Gasteiger partial charge in [-0.05, 0) is 81.4 Å². The topological polar surface area (TPSA) is 41.6 Å². The van der Waals surface area contributed by atoms with E-state index >= 15 is 0 Å². The van der Waals surface area contributed by atoms with Crippen LogP contribution in [0.1, 0.15) is 41.6 Å². The number of nitrogens with one attached hydrogen (secondary N) is 1. The lowest BCUT2D eigenvalue weighted by Crippen LogP contribution is -2.35. The van der Waals surface area contributed by atoms with E-state index in [0.29, 0.717) is 11.3 Å². The van der Waals surface area contributed by atoms with Crippen molar-refractivity contribution in [3.05, 3.63) is 65.7 Å². The molecule has 1 amide bonds. The number of likely N-dealkylation sites (tertiary alicyclic amines) is 1. The van der Waals surface area contributed by atoms with Crippen LogP contribution in [0.15, 0.2) is 54.6 Å². The van der Waals surface area contributed by atoms with Gasteiger partial charge >= 0.3 is 0 Å². The van der Waals surface area contributed by atoms with Gasteiger partial charge in [0.1, 0.15) is 5.75 Å². The fourth-order valence-electron chi connectivity index (χ4n) is 3.89. The van der Waals surface area contributed by atoms with Crippen molar-refractivity contribution in [2.45, 2.75) is 32.1 Å². The van der Waals surface area contributed by atoms with Crippen LogP contribution in [0.4, 0.5) is 0 Å². The van der Waals surface area contributed by atoms with Crippen molar-refractivity contribution in [1.82, 2.24) is 10.2 Å². The highest BCUT2D eigenvalue weighted by Gasteiger charge is 2.19. The highest BCUT2D eigenvalue weighted by Crippen LogP contribution is 2.21. The van der Waals surface area contributed by atoms with Crippen LogP contribution in [-0.2, 0) is 6.42 Å². The maximum atomic E-state index is 12.2. The zero-order valence-electron chi connectivity index (χ0n) is 16.9. The molecule has 1 aliphatic rings. The third-order valence-corrected chi connectivity index (χ3v) is 5.59. The van der Waals surface area contributed by atoms with E-state index in [1.807, 2.05) is 18.2 Å². The summed E-state index contributed by atoms with van der Waals surface area (Å²) in [4.78, 5) is 14.8. The molecule has 0 bridgehead atoms. The van der Waals surface area contributed by atoms with Crippen LogP contribution >= 0.6 is 0 Å². The summed E-state index contributed by atoms with van der Waals surface area (Å²) < 4.78 is 5.17. The number of nitrogens with zero attached hydrogens (tertiary/aromatic N) is 1. The summed E-state index contributed by atoms with van der Waals surface area (Å²) in [5.74, 6) is 1.50. The molecule has 1 fully saturated rings. The summed E-state index contributed by atoms with van der Waals surface area (Å²) in [7, 11) is 1.61. The zero-order valence-corrected chi connectivity index (χ0v) is 16.9. The second-order valence-corrected chi connectivity index (χ2v) is 7.67. The quantitative estimate of drug-likeness (QED) is 0.664. The van der Waals surface area contributed by atoms with E-state index in [2.05, 4.69) is 40.5 Å². The molecule has 1 saturated heterocycles. The fraction of sp³-hybridized carbons (Fsp3) is 0.458. The number of rotatable bonds is 9. The molecule has 28 heavy (non-hydrogen) atoms. The van der Waals surface area contributed by atoms with Crippen LogP contribution in [0, 0.1) is 5.92 Å². The van der Waals surface area contributed by atoms with Crippen LogP contribution in [0.5, 0.6) is 5.75 Å². The summed E-state index contributed by atoms with van der Waals surface area (Å²) in [6.07, 6.45) is 5.94. The summed E-state index contributed by atoms with van der Waals surface area (Å²) in [5.41, 5.74) is 2.12. The number of methoxy groups -OCH3 is 1. The van der Waals surface area contributed by atoms with Crippen molar-refractivity contribution in [2.24, 2.45) is 5.92 Å². The van der Waals surface area contributed by atoms with Crippen molar-refractivity contribution in [1.29, 1.82) is 0 Å². The van der Waals surface area contributed by atoms with Crippen LogP contribution in [0.25, 0.3) is 0 Å². The van der Waals surface area contributed by atoms with Gasteiger partial charge in [0, 0.05) is 12.1 Å². The van der Waals surface area contributed by atoms with Crippen molar-refractivity contribution < 1.29 is 9.53 Å². The Morgan fingerprint density at radius 2 is 1.86 bits per heavy atom. The number of carbonyl (C=O) groups is 1. The Morgan fingerprint density at radius 1 is 1.07 bits per heavy atom. The second-order valence-electron chi connectivity index (χ2n) is 7.67. The Hall–Kier alpha value is -2.33. The van der Waals surface area contributed by atoms with Crippen LogP contribution in [0.3, 0.4) is 0 Å². The van der Waals surface area contributed by atoms with E-state index in [4.69, 9.17) is 4.74 Å². The predicted molar refractivity (Wildman–Crippen MR) is 114 cm³/mol. The zero-order chi connectivity index (χ0) is 19.6. The van der Waals surface area contributed by atoms with Gasteiger partial charge < -0.3 is 15.0 Å². The van der Waals surface area contributed by atoms with Crippen molar-refractivity contribution in [2.75, 3.05) is 33.3 Å². The number of unbranched alkanes of at least 4 members (excludes halogenated alkanes) is 1. The molecule has 0 aliphatic carbocycles. The Kier molecular flexibility index (Phi) is 7.92. The lowest BCUT2D eigenvalue weighted by atomic mass is 9.90. The Labute approximate surface area is 168 Å². The molecule has 0 spiro atoms. The van der Waals surface area contributed by atoms with E-state index < -0.39 is 0 Å². The Morgan fingerprint density at radius 3 is 2.61 bits per heavy atom. The minimum atomic E-state index is -0.0272. The minimum Gasteiger partial charge on any atom is -0.497 e. The third-order valence-electron chi connectivity index (χ3n) is 5.59. The van der Waals surface area contributed by atoms with Gasteiger partial charge in [-0.2, -0.15) is 0 Å². The van der Waals surface area contributed by atoms with Crippen molar-refractivity contribution >= 4 is 5.91 Å². The predicted octanol–water partition coefficient (Wildman–Crippen LogP) is 4.16. The van der Waals surface area contributed by atoms with Gasteiger partial charge in [0.15, 0.2) is 0 Å². The molecule has 1 N–H and O–H groups in total. The fourth-order valence-corrected chi connectivity index (χ4v) is 3.89. The number of piperidine rings is 1. The Bertz CT molecular complexity index is 724. The molecule has 1 heterocycles. The third kappa shape index (κ3) is 6.38. The van der Waals surface area contributed by atoms with Gasteiger partial charge in [-0.15, -0.1) is 0 Å². The second kappa shape index (κ2) is 10.9. The Balaban J connectivity index is 1.27. The highest BCUT2D eigenvalue weighted by atomic mass is 16.5. The average Bonchev–Trinajstić information content (AvgIpc) is 2.75. The molecule has 4 heteroatoms. The summed E-state index contributed by atoms with van der Waals surface area (Å²) >= 11 is 0. The van der Waals surface area contributed by atoms with Gasteiger partial charge in [0.2, 0.25) is 0 Å². The molecule has 0 atom stereocenters. The summed E-state index contributed by atoms with van der Waals surface area (Å²) in [6.45, 7) is 4.26. The minimum absolute atomic E-state index is 0.0272. The molecule has 1 aliphatic heterocycles. The maximum Gasteiger partial charge on any atom is 0.251 e. The van der Waals surface area contributed by atoms with Gasteiger partial charge in [-0.3, -0.25) is 4.79 Å². The van der Waals surface area contributed by atoms with E-state index in [1.165, 1.54) is 37.9 Å². The van der Waals surface area contributed by atoms with E-state index in [9.17, 15) is 4.79 Å². The lowest BCUT2D eigenvalue weighted by Gasteiger charge is -2.32. The molecule has 150 valence electrons. The molecule has 4 nitrogen and oxygen atoms in total. The smallest absolute Gasteiger partial charge is 0.251 e. The van der Waals surface area contributed by atoms with Gasteiger partial charge in [-0.1, -0.05) is 36.4 Å². The normalized spacial score (nSPS) is 15.3. The molecule has 0 unspecified atom stereocenters. The van der Waals surface area contributed by atoms with Gasteiger partial charge in [-0.25, -0.2) is 0 Å². The first-order chi connectivity index (χ1) is 13.7.